The highest BCUT2D eigenvalue weighted by Crippen LogP contribution is 2.30. The fraction of sp³-hybridized carbons (Fsp3) is 0.0370. The third-order valence-electron chi connectivity index (χ3n) is 5.37. The van der Waals surface area contributed by atoms with Gasteiger partial charge in [0.25, 0.3) is 5.91 Å². The second-order valence-electron chi connectivity index (χ2n) is 7.78. The van der Waals surface area contributed by atoms with Crippen LogP contribution in [0.4, 0.5) is 11.5 Å². The van der Waals surface area contributed by atoms with Gasteiger partial charge >= 0.3 is 0 Å². The van der Waals surface area contributed by atoms with E-state index in [0.717, 1.165) is 16.5 Å². The zero-order valence-corrected chi connectivity index (χ0v) is 19.9. The molecular weight excluding hydrogens is 481 g/mol. The van der Waals surface area contributed by atoms with E-state index in [0.29, 0.717) is 45.0 Å². The molecule has 0 bridgehead atoms. The van der Waals surface area contributed by atoms with Crippen molar-refractivity contribution in [3.05, 3.63) is 112 Å². The van der Waals surface area contributed by atoms with Crippen LogP contribution >= 0.6 is 23.2 Å². The van der Waals surface area contributed by atoms with Crippen molar-refractivity contribution in [2.45, 2.75) is 6.54 Å². The molecule has 6 nitrogen and oxygen atoms in total. The van der Waals surface area contributed by atoms with Gasteiger partial charge in [0.2, 0.25) is 0 Å². The van der Waals surface area contributed by atoms with Crippen LogP contribution in [0, 0.1) is 0 Å². The number of hydrogen-bond acceptors (Lipinski definition) is 5. The largest absolute Gasteiger partial charge is 0.348 e. The van der Waals surface area contributed by atoms with E-state index in [-0.39, 0.29) is 5.91 Å². The minimum atomic E-state index is -0.211. The monoisotopic (exact) mass is 499 g/mol. The molecule has 0 radical (unpaired) electrons. The molecule has 0 atom stereocenters. The van der Waals surface area contributed by atoms with Gasteiger partial charge in [-0.2, -0.15) is 0 Å². The number of aromatic nitrogens is 3. The minimum Gasteiger partial charge on any atom is -0.348 e. The molecule has 2 N–H and O–H groups in total. The van der Waals surface area contributed by atoms with Crippen LogP contribution in [0.15, 0.2) is 91.3 Å². The maximum atomic E-state index is 13.1. The number of fused-ring (bicyclic) bond motifs is 1. The lowest BCUT2D eigenvalue weighted by atomic mass is 10.1. The van der Waals surface area contributed by atoms with E-state index in [9.17, 15) is 4.79 Å². The summed E-state index contributed by atoms with van der Waals surface area (Å²) >= 11 is 12.2. The number of pyridine rings is 1. The topological polar surface area (TPSA) is 79.8 Å². The number of nitrogens with zero attached hydrogens (tertiary/aromatic N) is 3. The Morgan fingerprint density at radius 2 is 1.66 bits per heavy atom. The normalized spacial score (nSPS) is 10.8. The third-order valence-corrected chi connectivity index (χ3v) is 5.86. The van der Waals surface area contributed by atoms with E-state index in [2.05, 4.69) is 20.6 Å². The predicted molar refractivity (Wildman–Crippen MR) is 140 cm³/mol. The fourth-order valence-electron chi connectivity index (χ4n) is 3.62. The highest BCUT2D eigenvalue weighted by atomic mass is 35.5. The quantitative estimate of drug-likeness (QED) is 0.272. The van der Waals surface area contributed by atoms with Gasteiger partial charge in [-0.3, -0.25) is 9.78 Å². The molecule has 172 valence electrons. The summed E-state index contributed by atoms with van der Waals surface area (Å²) in [5.41, 5.74) is 3.51. The number of amides is 1. The Balaban J connectivity index is 1.48. The molecule has 0 aliphatic rings. The van der Waals surface area contributed by atoms with Gasteiger partial charge in [-0.1, -0.05) is 47.5 Å². The summed E-state index contributed by atoms with van der Waals surface area (Å²) in [5.74, 6) is 0.848. The maximum absolute atomic E-state index is 13.1. The Labute approximate surface area is 212 Å². The highest BCUT2D eigenvalue weighted by Gasteiger charge is 2.15. The molecule has 2 heterocycles. The van der Waals surface area contributed by atoms with Gasteiger partial charge in [0.15, 0.2) is 5.82 Å². The Morgan fingerprint density at radius 3 is 2.46 bits per heavy atom. The van der Waals surface area contributed by atoms with Crippen LogP contribution in [-0.4, -0.2) is 20.9 Å². The van der Waals surface area contributed by atoms with E-state index in [1.807, 2.05) is 48.5 Å². The molecule has 8 heteroatoms. The van der Waals surface area contributed by atoms with Crippen LogP contribution < -0.4 is 10.6 Å². The molecule has 1 amide bonds. The summed E-state index contributed by atoms with van der Waals surface area (Å²) in [4.78, 5) is 26.7. The number of anilines is 2. The van der Waals surface area contributed by atoms with Gasteiger partial charge in [-0.25, -0.2) is 9.97 Å². The van der Waals surface area contributed by atoms with E-state index in [4.69, 9.17) is 28.2 Å². The smallest absolute Gasteiger partial charge is 0.253 e. The highest BCUT2D eigenvalue weighted by molar-refractivity contribution is 6.31. The molecule has 0 saturated carbocycles. The van der Waals surface area contributed by atoms with Crippen molar-refractivity contribution in [1.82, 2.24) is 20.3 Å². The molecule has 5 aromatic rings. The minimum absolute atomic E-state index is 0.211. The number of carbonyl (C=O) groups excluding carboxylic acids is 1. The average molecular weight is 500 g/mol. The van der Waals surface area contributed by atoms with Gasteiger partial charge in [0.05, 0.1) is 16.8 Å². The van der Waals surface area contributed by atoms with Crippen molar-refractivity contribution < 1.29 is 4.79 Å². The molecule has 0 fully saturated rings. The van der Waals surface area contributed by atoms with E-state index in [1.54, 1.807) is 42.7 Å². The molecule has 0 aliphatic heterocycles. The Morgan fingerprint density at radius 1 is 0.857 bits per heavy atom. The number of rotatable bonds is 6. The van der Waals surface area contributed by atoms with Crippen LogP contribution in [0.5, 0.6) is 0 Å². The molecule has 0 spiro atoms. The zero-order valence-electron chi connectivity index (χ0n) is 18.4. The van der Waals surface area contributed by atoms with Crippen molar-refractivity contribution in [3.63, 3.8) is 0 Å². The van der Waals surface area contributed by atoms with Crippen molar-refractivity contribution in [2.24, 2.45) is 0 Å². The van der Waals surface area contributed by atoms with Crippen LogP contribution in [0.1, 0.15) is 15.9 Å². The Hall–Kier alpha value is -4.00. The van der Waals surface area contributed by atoms with Gasteiger partial charge in [-0.05, 0) is 60.2 Å². The van der Waals surface area contributed by atoms with E-state index >= 15 is 0 Å². The summed E-state index contributed by atoms with van der Waals surface area (Å²) in [6, 6.07) is 23.8. The van der Waals surface area contributed by atoms with Crippen LogP contribution in [0.25, 0.3) is 22.3 Å². The van der Waals surface area contributed by atoms with Crippen molar-refractivity contribution in [1.29, 1.82) is 0 Å². The van der Waals surface area contributed by atoms with Crippen LogP contribution in [-0.2, 0) is 6.54 Å². The summed E-state index contributed by atoms with van der Waals surface area (Å²) in [6.07, 6.45) is 3.40. The van der Waals surface area contributed by atoms with Crippen LogP contribution in [0.3, 0.4) is 0 Å². The van der Waals surface area contributed by atoms with Gasteiger partial charge in [0.1, 0.15) is 5.82 Å². The van der Waals surface area contributed by atoms with Crippen molar-refractivity contribution >= 4 is 51.5 Å². The molecule has 3 aromatic carbocycles. The number of hydrogen-bond donors (Lipinski definition) is 2. The standard InChI is InChI=1S/C27H19Cl2N5O/c28-19-9-7-17(8-10-19)15-31-27(35)22-5-1-2-6-23(22)32-26-21-12-11-20(29)14-24(21)33-25(34-26)18-4-3-13-30-16-18/h1-14,16H,15H2,(H,31,35)(H,32,33,34). The summed E-state index contributed by atoms with van der Waals surface area (Å²) in [6.45, 7) is 0.379. The van der Waals surface area contributed by atoms with Gasteiger partial charge in [-0.15, -0.1) is 0 Å². The molecule has 0 saturated heterocycles. The molecule has 5 rings (SSSR count). The lowest BCUT2D eigenvalue weighted by Crippen LogP contribution is -2.23. The predicted octanol–water partition coefficient (Wildman–Crippen LogP) is 6.67. The fourth-order valence-corrected chi connectivity index (χ4v) is 3.91. The van der Waals surface area contributed by atoms with Crippen molar-refractivity contribution in [2.75, 3.05) is 5.32 Å². The number of benzene rings is 3. The number of carbonyl (C=O) groups is 1. The second kappa shape index (κ2) is 10.1. The van der Waals surface area contributed by atoms with Gasteiger partial charge in [0, 0.05) is 39.9 Å². The van der Waals surface area contributed by atoms with Gasteiger partial charge < -0.3 is 10.6 Å². The Kier molecular flexibility index (Phi) is 6.57. The maximum Gasteiger partial charge on any atom is 0.253 e. The molecular formula is C27H19Cl2N5O. The SMILES string of the molecule is O=C(NCc1ccc(Cl)cc1)c1ccccc1Nc1nc(-c2cccnc2)nc2cc(Cl)ccc12. The first-order valence-corrected chi connectivity index (χ1v) is 11.6. The average Bonchev–Trinajstić information content (AvgIpc) is 2.88. The number of nitrogens with one attached hydrogen (secondary N) is 2. The first kappa shape index (κ1) is 22.8. The lowest BCUT2D eigenvalue weighted by Gasteiger charge is -2.14. The number of para-hydroxylation sites is 1. The lowest BCUT2D eigenvalue weighted by molar-refractivity contribution is 0.0951. The molecule has 0 aliphatic carbocycles. The number of halogens is 2. The first-order valence-electron chi connectivity index (χ1n) is 10.8. The zero-order chi connectivity index (χ0) is 24.2. The Bertz CT molecular complexity index is 1510. The second-order valence-corrected chi connectivity index (χ2v) is 8.65. The molecule has 2 aromatic heterocycles. The molecule has 35 heavy (non-hydrogen) atoms. The third kappa shape index (κ3) is 5.24. The summed E-state index contributed by atoms with van der Waals surface area (Å²) in [7, 11) is 0. The summed E-state index contributed by atoms with van der Waals surface area (Å²) in [5, 5.41) is 8.30. The van der Waals surface area contributed by atoms with Crippen LogP contribution in [0.2, 0.25) is 10.0 Å². The molecule has 0 unspecified atom stereocenters. The first-order chi connectivity index (χ1) is 17.1. The van der Waals surface area contributed by atoms with Crippen molar-refractivity contribution in [3.8, 4) is 11.4 Å². The van der Waals surface area contributed by atoms with E-state index < -0.39 is 0 Å². The van der Waals surface area contributed by atoms with E-state index in [1.165, 1.54) is 0 Å². The summed E-state index contributed by atoms with van der Waals surface area (Å²) < 4.78 is 0.